The van der Waals surface area contributed by atoms with E-state index in [1.807, 2.05) is 0 Å². The van der Waals surface area contributed by atoms with Crippen molar-refractivity contribution in [3.63, 3.8) is 0 Å². The largest absolute Gasteiger partial charge is 0.417 e. The topological polar surface area (TPSA) is 79.7 Å². The highest BCUT2D eigenvalue weighted by atomic mass is 35.5. The number of alkyl halides is 3. The smallest absolute Gasteiger partial charge is 0.340 e. The van der Waals surface area contributed by atoms with E-state index < -0.39 is 34.0 Å². The summed E-state index contributed by atoms with van der Waals surface area (Å²) in [7, 11) is 0. The number of benzene rings is 2. The molecule has 0 saturated carbocycles. The molecule has 2 aromatic heterocycles. The number of fused-ring (bicyclic) bond motifs is 1. The van der Waals surface area contributed by atoms with Crippen LogP contribution in [0.1, 0.15) is 41.5 Å². The third-order valence-electron chi connectivity index (χ3n) is 6.10. The number of nitrogens with zero attached hydrogens (tertiary/aromatic N) is 5. The molecule has 34 heavy (non-hydrogen) atoms. The standard InChI is InChI=1S/C22H17ClF4N6O/c1-21(20-30-16-10-14(22(25,26)27)15(23)11-17(16)31-20)5-2-8-32(21)19(34)13-9-12(24)3-4-18(13)33-28-6-7-29-33/h3-4,6-7,9-11H,2,5,8H2,1H3,(H,30,31)/t21-/m0/s1. The maximum atomic E-state index is 14.1. The molecule has 1 saturated heterocycles. The number of amides is 1. The first-order valence-electron chi connectivity index (χ1n) is 10.3. The van der Waals surface area contributed by atoms with Crippen LogP contribution in [-0.4, -0.2) is 42.3 Å². The van der Waals surface area contributed by atoms with Crippen LogP contribution in [0.4, 0.5) is 17.6 Å². The Hall–Kier alpha value is -3.47. The number of rotatable bonds is 3. The lowest BCUT2D eigenvalue weighted by atomic mass is 9.97. The number of aromatic amines is 1. The molecule has 0 radical (unpaired) electrons. The minimum absolute atomic E-state index is 0.0582. The Morgan fingerprint density at radius 3 is 2.62 bits per heavy atom. The fourth-order valence-corrected chi connectivity index (χ4v) is 4.65. The van der Waals surface area contributed by atoms with E-state index in [1.165, 1.54) is 35.4 Å². The lowest BCUT2D eigenvalue weighted by molar-refractivity contribution is -0.137. The average molecular weight is 493 g/mol. The van der Waals surface area contributed by atoms with Gasteiger partial charge < -0.3 is 9.88 Å². The lowest BCUT2D eigenvalue weighted by Gasteiger charge is -2.34. The van der Waals surface area contributed by atoms with Crippen molar-refractivity contribution in [3.8, 4) is 5.69 Å². The van der Waals surface area contributed by atoms with Crippen LogP contribution in [-0.2, 0) is 11.7 Å². The Balaban J connectivity index is 1.57. The third-order valence-corrected chi connectivity index (χ3v) is 6.41. The van der Waals surface area contributed by atoms with Gasteiger partial charge in [-0.1, -0.05) is 11.6 Å². The molecule has 5 rings (SSSR count). The summed E-state index contributed by atoms with van der Waals surface area (Å²) in [5.74, 6) is -0.751. The van der Waals surface area contributed by atoms with E-state index in [4.69, 9.17) is 11.6 Å². The van der Waals surface area contributed by atoms with E-state index in [0.717, 1.165) is 12.1 Å². The predicted octanol–water partition coefficient (Wildman–Crippen LogP) is 5.11. The Labute approximate surface area is 195 Å². The van der Waals surface area contributed by atoms with Gasteiger partial charge in [-0.3, -0.25) is 4.79 Å². The lowest BCUT2D eigenvalue weighted by Crippen LogP contribution is -2.44. The summed E-state index contributed by atoms with van der Waals surface area (Å²) in [5.41, 5.74) is -1.19. The normalized spacial score (nSPS) is 18.7. The number of hydrogen-bond donors (Lipinski definition) is 1. The monoisotopic (exact) mass is 492 g/mol. The molecule has 1 aliphatic heterocycles. The average Bonchev–Trinajstić information content (AvgIpc) is 3.51. The van der Waals surface area contributed by atoms with Crippen molar-refractivity contribution in [3.05, 3.63) is 70.5 Å². The number of H-pyrrole nitrogens is 1. The minimum atomic E-state index is -4.63. The van der Waals surface area contributed by atoms with Gasteiger partial charge in [0.2, 0.25) is 0 Å². The summed E-state index contributed by atoms with van der Waals surface area (Å²) < 4.78 is 54.0. The Morgan fingerprint density at radius 1 is 1.18 bits per heavy atom. The molecule has 0 aliphatic carbocycles. The van der Waals surface area contributed by atoms with E-state index in [0.29, 0.717) is 36.4 Å². The first-order chi connectivity index (χ1) is 16.1. The second-order valence-corrected chi connectivity index (χ2v) is 8.65. The molecule has 1 atom stereocenters. The molecule has 0 unspecified atom stereocenters. The molecule has 4 aromatic rings. The molecule has 176 valence electrons. The summed E-state index contributed by atoms with van der Waals surface area (Å²) in [4.78, 5) is 23.8. The molecule has 3 heterocycles. The van der Waals surface area contributed by atoms with Gasteiger partial charge >= 0.3 is 6.18 Å². The van der Waals surface area contributed by atoms with Gasteiger partial charge in [-0.25, -0.2) is 9.37 Å². The molecule has 7 nitrogen and oxygen atoms in total. The number of likely N-dealkylation sites (tertiary alicyclic amines) is 1. The molecule has 1 amide bonds. The van der Waals surface area contributed by atoms with E-state index in [9.17, 15) is 22.4 Å². The van der Waals surface area contributed by atoms with Crippen molar-refractivity contribution in [1.82, 2.24) is 29.9 Å². The maximum Gasteiger partial charge on any atom is 0.417 e. The number of hydrogen-bond acceptors (Lipinski definition) is 4. The number of carbonyl (C=O) groups is 1. The van der Waals surface area contributed by atoms with Gasteiger partial charge in [0.05, 0.1) is 50.8 Å². The van der Waals surface area contributed by atoms with Crippen LogP contribution in [0.2, 0.25) is 5.02 Å². The number of imidazole rings is 1. The third kappa shape index (κ3) is 3.60. The molecule has 1 aliphatic rings. The zero-order chi connectivity index (χ0) is 24.3. The van der Waals surface area contributed by atoms with Crippen molar-refractivity contribution >= 4 is 28.5 Å². The van der Waals surface area contributed by atoms with E-state index in [1.54, 1.807) is 11.8 Å². The quantitative estimate of drug-likeness (QED) is 0.403. The van der Waals surface area contributed by atoms with Crippen molar-refractivity contribution < 1.29 is 22.4 Å². The van der Waals surface area contributed by atoms with Gasteiger partial charge in [0.1, 0.15) is 11.6 Å². The Bertz CT molecular complexity index is 1400. The Morgan fingerprint density at radius 2 is 1.91 bits per heavy atom. The van der Waals surface area contributed by atoms with Gasteiger partial charge in [-0.2, -0.15) is 28.2 Å². The molecule has 2 aromatic carbocycles. The predicted molar refractivity (Wildman–Crippen MR) is 115 cm³/mol. The summed E-state index contributed by atoms with van der Waals surface area (Å²) in [6.07, 6.45) is -0.627. The molecule has 0 bridgehead atoms. The zero-order valence-electron chi connectivity index (χ0n) is 17.7. The minimum Gasteiger partial charge on any atom is -0.340 e. The maximum absolute atomic E-state index is 14.1. The number of halogens is 5. The van der Waals surface area contributed by atoms with Crippen LogP contribution in [0.3, 0.4) is 0 Å². The van der Waals surface area contributed by atoms with Crippen molar-refractivity contribution in [2.45, 2.75) is 31.5 Å². The number of carbonyl (C=O) groups excluding carboxylic acids is 1. The summed E-state index contributed by atoms with van der Waals surface area (Å²) in [6, 6.07) is 5.80. The van der Waals surface area contributed by atoms with Gasteiger partial charge in [-0.15, -0.1) is 0 Å². The molecular weight excluding hydrogens is 476 g/mol. The number of aromatic nitrogens is 5. The highest BCUT2D eigenvalue weighted by molar-refractivity contribution is 6.32. The second-order valence-electron chi connectivity index (χ2n) is 8.25. The second kappa shape index (κ2) is 7.79. The van der Waals surface area contributed by atoms with Crippen LogP contribution in [0, 0.1) is 5.82 Å². The number of nitrogens with one attached hydrogen (secondary N) is 1. The highest BCUT2D eigenvalue weighted by Gasteiger charge is 2.44. The fourth-order valence-electron chi connectivity index (χ4n) is 4.38. The SMILES string of the molecule is C[C@@]1(c2nc3cc(C(F)(F)F)c(Cl)cc3[nH]2)CCCN1C(=O)c1cc(F)ccc1-n1nccn1. The molecule has 12 heteroatoms. The van der Waals surface area contributed by atoms with Crippen LogP contribution in [0.15, 0.2) is 42.7 Å². The first-order valence-corrected chi connectivity index (χ1v) is 10.7. The van der Waals surface area contributed by atoms with Crippen LogP contribution >= 0.6 is 11.6 Å². The van der Waals surface area contributed by atoms with E-state index in [-0.39, 0.29) is 11.1 Å². The van der Waals surface area contributed by atoms with E-state index >= 15 is 0 Å². The zero-order valence-corrected chi connectivity index (χ0v) is 18.5. The fraction of sp³-hybridized carbons (Fsp3) is 0.273. The van der Waals surface area contributed by atoms with Crippen molar-refractivity contribution in [2.24, 2.45) is 0 Å². The molecule has 1 fully saturated rings. The highest BCUT2D eigenvalue weighted by Crippen LogP contribution is 2.41. The summed E-state index contributed by atoms with van der Waals surface area (Å²) in [5, 5.41) is 7.62. The first kappa shape index (κ1) is 22.3. The molecule has 1 N–H and O–H groups in total. The van der Waals surface area contributed by atoms with Gasteiger partial charge in [0, 0.05) is 6.54 Å². The van der Waals surface area contributed by atoms with Crippen molar-refractivity contribution in [2.75, 3.05) is 6.54 Å². The molecule has 0 spiro atoms. The van der Waals surface area contributed by atoms with Gasteiger partial charge in [0.25, 0.3) is 5.91 Å². The summed E-state index contributed by atoms with van der Waals surface area (Å²) >= 11 is 5.85. The molecular formula is C22H17ClF4N6O. The van der Waals surface area contributed by atoms with Crippen LogP contribution < -0.4 is 0 Å². The van der Waals surface area contributed by atoms with Crippen molar-refractivity contribution in [1.29, 1.82) is 0 Å². The van der Waals surface area contributed by atoms with Gasteiger partial charge in [-0.05, 0) is 50.1 Å². The van der Waals surface area contributed by atoms with Crippen LogP contribution in [0.25, 0.3) is 16.7 Å². The summed E-state index contributed by atoms with van der Waals surface area (Å²) in [6.45, 7) is 2.12. The Kier molecular flexibility index (Phi) is 5.12. The van der Waals surface area contributed by atoms with Crippen LogP contribution in [0.5, 0.6) is 0 Å². The van der Waals surface area contributed by atoms with Gasteiger partial charge in [0.15, 0.2) is 0 Å². The van der Waals surface area contributed by atoms with E-state index in [2.05, 4.69) is 20.2 Å².